The molecule has 0 aliphatic carbocycles. The van der Waals surface area contributed by atoms with Gasteiger partial charge in [-0.05, 0) is 49.8 Å². The lowest BCUT2D eigenvalue weighted by molar-refractivity contribution is -0.125. The molecule has 0 saturated heterocycles. The second kappa shape index (κ2) is 21.4. The van der Waals surface area contributed by atoms with Crippen LogP contribution in [0.3, 0.4) is 0 Å². The van der Waals surface area contributed by atoms with E-state index in [2.05, 4.69) is 31.2 Å². The number of rotatable bonds is 20. The van der Waals surface area contributed by atoms with Gasteiger partial charge in [-0.15, -0.1) is 22.7 Å². The maximum absolute atomic E-state index is 13.9. The van der Waals surface area contributed by atoms with Crippen molar-refractivity contribution in [2.24, 2.45) is 0 Å². The van der Waals surface area contributed by atoms with Crippen LogP contribution < -0.4 is 21.3 Å². The van der Waals surface area contributed by atoms with Crippen LogP contribution in [0.25, 0.3) is 0 Å². The first-order valence-corrected chi connectivity index (χ1v) is 19.5. The number of carbonyl (C=O) groups excluding carboxylic acids is 3. The lowest BCUT2D eigenvalue weighted by Crippen LogP contribution is -2.53. The Morgan fingerprint density at radius 1 is 0.870 bits per heavy atom. The van der Waals surface area contributed by atoms with Crippen LogP contribution >= 0.6 is 22.7 Å². The van der Waals surface area contributed by atoms with E-state index in [9.17, 15) is 27.6 Å². The molecule has 2 heterocycles. The van der Waals surface area contributed by atoms with Gasteiger partial charge in [-0.2, -0.15) is 13.2 Å². The standard InChI is InChI=1S/C38H48F3N7O4S2/c1-26(2)35-45-31(23-53-35)21-48(3)36(50)47-33(16-17-42-24-38(39,40)41)34(49)44-29(18-27-10-6-4-7-11-27)14-15-30(19-28-12-8-5-9-13-28)46-37(51)52-22-32-20-43-25-54-32/h4-13,20,23,25-26,29-30,33,42H,14-19,21-22,24H2,1-3H3,(H,44,49)(H,46,51)(H,47,50)/t29-,30-,33?/m1/s1. The van der Waals surface area contributed by atoms with Gasteiger partial charge in [-0.25, -0.2) is 14.6 Å². The highest BCUT2D eigenvalue weighted by molar-refractivity contribution is 7.09. The van der Waals surface area contributed by atoms with Crippen molar-refractivity contribution in [1.29, 1.82) is 0 Å². The van der Waals surface area contributed by atoms with Crippen molar-refractivity contribution in [1.82, 2.24) is 36.1 Å². The number of amides is 4. The Morgan fingerprint density at radius 3 is 2.06 bits per heavy atom. The molecule has 2 aromatic heterocycles. The quantitative estimate of drug-likeness (QED) is 0.0722. The molecule has 0 saturated carbocycles. The fraction of sp³-hybridized carbons (Fsp3) is 0.447. The van der Waals surface area contributed by atoms with Crippen molar-refractivity contribution in [3.8, 4) is 0 Å². The molecule has 0 spiro atoms. The summed E-state index contributed by atoms with van der Waals surface area (Å²) in [7, 11) is 1.57. The van der Waals surface area contributed by atoms with E-state index in [4.69, 9.17) is 4.74 Å². The zero-order valence-corrected chi connectivity index (χ0v) is 32.2. The number of benzene rings is 2. The Kier molecular flexibility index (Phi) is 16.7. The first-order valence-electron chi connectivity index (χ1n) is 17.8. The summed E-state index contributed by atoms with van der Waals surface area (Å²) in [4.78, 5) is 51.0. The minimum Gasteiger partial charge on any atom is -0.444 e. The maximum Gasteiger partial charge on any atom is 0.407 e. The molecule has 4 aromatic rings. The lowest BCUT2D eigenvalue weighted by Gasteiger charge is -2.27. The predicted octanol–water partition coefficient (Wildman–Crippen LogP) is 6.82. The van der Waals surface area contributed by atoms with Crippen LogP contribution in [0.4, 0.5) is 22.8 Å². The molecule has 0 aliphatic rings. The predicted molar refractivity (Wildman–Crippen MR) is 204 cm³/mol. The first kappa shape index (κ1) is 42.2. The second-order valence-electron chi connectivity index (χ2n) is 13.3. The minimum atomic E-state index is -4.43. The zero-order valence-electron chi connectivity index (χ0n) is 30.6. The van der Waals surface area contributed by atoms with Crippen LogP contribution in [0.1, 0.15) is 65.7 Å². The number of hydrogen-bond acceptors (Lipinski definition) is 9. The third-order valence-electron chi connectivity index (χ3n) is 8.37. The van der Waals surface area contributed by atoms with Gasteiger partial charge in [-0.1, -0.05) is 74.5 Å². The van der Waals surface area contributed by atoms with Crippen LogP contribution in [-0.4, -0.2) is 77.3 Å². The van der Waals surface area contributed by atoms with Gasteiger partial charge in [0.15, 0.2) is 0 Å². The molecule has 4 rings (SSSR count). The zero-order chi connectivity index (χ0) is 38.9. The van der Waals surface area contributed by atoms with Crippen molar-refractivity contribution in [2.75, 3.05) is 20.1 Å². The minimum absolute atomic E-state index is 0.0858. The van der Waals surface area contributed by atoms with Gasteiger partial charge in [-0.3, -0.25) is 9.78 Å². The molecular weight excluding hydrogens is 740 g/mol. The third kappa shape index (κ3) is 15.4. The molecule has 292 valence electrons. The van der Waals surface area contributed by atoms with Gasteiger partial charge < -0.3 is 30.9 Å². The van der Waals surface area contributed by atoms with E-state index in [0.717, 1.165) is 21.0 Å². The fourth-order valence-corrected chi connectivity index (χ4v) is 6.92. The van der Waals surface area contributed by atoms with Crippen LogP contribution in [0, 0.1) is 0 Å². The Bertz CT molecular complexity index is 1710. The van der Waals surface area contributed by atoms with Crippen LogP contribution in [0.15, 0.2) is 77.8 Å². The molecule has 4 N–H and O–H groups in total. The summed E-state index contributed by atoms with van der Waals surface area (Å²) >= 11 is 2.88. The third-order valence-corrected chi connectivity index (χ3v) is 10.3. The smallest absolute Gasteiger partial charge is 0.407 e. The number of thiazole rings is 2. The molecule has 0 aliphatic heterocycles. The molecule has 3 atom stereocenters. The summed E-state index contributed by atoms with van der Waals surface area (Å²) in [6.07, 6.45) is -1.61. The summed E-state index contributed by atoms with van der Waals surface area (Å²) in [5.74, 6) is -0.296. The SMILES string of the molecule is CC(C)c1nc(CN(C)C(=O)NC(CCNCC(F)(F)F)C(=O)N[C@H](CC[C@H](Cc2ccccc2)NC(=O)OCc2cncs2)Cc2ccccc2)cs1. The van der Waals surface area contributed by atoms with E-state index in [-0.39, 0.29) is 38.1 Å². The molecule has 11 nitrogen and oxygen atoms in total. The number of nitrogens with zero attached hydrogens (tertiary/aromatic N) is 3. The van der Waals surface area contributed by atoms with Gasteiger partial charge in [0, 0.05) is 36.6 Å². The Hall–Kier alpha value is -4.54. The van der Waals surface area contributed by atoms with Crippen molar-refractivity contribution >= 4 is 40.7 Å². The Labute approximate surface area is 322 Å². The van der Waals surface area contributed by atoms with Crippen molar-refractivity contribution < 1.29 is 32.3 Å². The first-order chi connectivity index (χ1) is 25.8. The van der Waals surface area contributed by atoms with Crippen LogP contribution in [0.5, 0.6) is 0 Å². The summed E-state index contributed by atoms with van der Waals surface area (Å²) in [6.45, 7) is 2.94. The maximum atomic E-state index is 13.9. The van der Waals surface area contributed by atoms with Gasteiger partial charge in [0.05, 0.1) is 34.2 Å². The second-order valence-corrected chi connectivity index (χ2v) is 15.2. The highest BCUT2D eigenvalue weighted by atomic mass is 32.1. The van der Waals surface area contributed by atoms with Gasteiger partial charge in [0.2, 0.25) is 5.91 Å². The summed E-state index contributed by atoms with van der Waals surface area (Å²) in [5.41, 5.74) is 4.32. The molecule has 0 bridgehead atoms. The number of alkyl halides is 3. The number of alkyl carbamates (subject to hydrolysis) is 1. The summed E-state index contributed by atoms with van der Waals surface area (Å²) in [5, 5.41) is 13.9. The monoisotopic (exact) mass is 787 g/mol. The normalized spacial score (nSPS) is 13.2. The number of aromatic nitrogens is 2. The Morgan fingerprint density at radius 2 is 1.50 bits per heavy atom. The van der Waals surface area contributed by atoms with Crippen LogP contribution in [-0.2, 0) is 35.5 Å². The summed E-state index contributed by atoms with van der Waals surface area (Å²) < 4.78 is 44.2. The lowest BCUT2D eigenvalue weighted by atomic mass is 9.95. The topological polar surface area (TPSA) is 138 Å². The number of urea groups is 1. The molecule has 54 heavy (non-hydrogen) atoms. The van der Waals surface area contributed by atoms with E-state index in [1.807, 2.05) is 79.9 Å². The highest BCUT2D eigenvalue weighted by Crippen LogP contribution is 2.20. The molecule has 1 unspecified atom stereocenters. The average molecular weight is 788 g/mol. The van der Waals surface area contributed by atoms with E-state index in [1.165, 1.54) is 27.6 Å². The van der Waals surface area contributed by atoms with Gasteiger partial charge in [0.25, 0.3) is 0 Å². The van der Waals surface area contributed by atoms with Gasteiger partial charge in [0.1, 0.15) is 12.6 Å². The van der Waals surface area contributed by atoms with E-state index in [1.54, 1.807) is 18.8 Å². The number of halogens is 3. The molecular formula is C38H48F3N7O4S2. The molecule has 2 aromatic carbocycles. The van der Waals surface area contributed by atoms with E-state index < -0.39 is 42.8 Å². The largest absolute Gasteiger partial charge is 0.444 e. The number of nitrogens with one attached hydrogen (secondary N) is 4. The van der Waals surface area contributed by atoms with E-state index >= 15 is 0 Å². The van der Waals surface area contributed by atoms with E-state index in [0.29, 0.717) is 31.4 Å². The van der Waals surface area contributed by atoms with Crippen molar-refractivity contribution in [3.63, 3.8) is 0 Å². The number of hydrogen-bond donors (Lipinski definition) is 4. The highest BCUT2D eigenvalue weighted by Gasteiger charge is 2.29. The average Bonchev–Trinajstić information content (AvgIpc) is 3.84. The van der Waals surface area contributed by atoms with Crippen LogP contribution in [0.2, 0.25) is 0 Å². The molecule has 0 fully saturated rings. The fourth-order valence-electron chi connectivity index (χ4n) is 5.59. The molecule has 4 amide bonds. The molecule has 0 radical (unpaired) electrons. The molecule has 16 heteroatoms. The summed E-state index contributed by atoms with van der Waals surface area (Å²) in [6, 6.07) is 16.7. The number of carbonyl (C=O) groups is 3. The van der Waals surface area contributed by atoms with Crippen molar-refractivity contribution in [2.45, 2.75) is 89.3 Å². The number of ether oxygens (including phenoxy) is 1. The van der Waals surface area contributed by atoms with Crippen molar-refractivity contribution in [3.05, 3.63) is 104 Å². The Balaban J connectivity index is 1.47. The van der Waals surface area contributed by atoms with Gasteiger partial charge >= 0.3 is 18.3 Å².